The fourth-order valence-corrected chi connectivity index (χ4v) is 3.40. The van der Waals surface area contributed by atoms with Crippen molar-refractivity contribution in [3.05, 3.63) is 68.9 Å². The Morgan fingerprint density at radius 1 is 1.25 bits per heavy atom. The van der Waals surface area contributed by atoms with Crippen molar-refractivity contribution in [3.8, 4) is 17.2 Å². The number of aryl methyl sites for hydroxylation is 1. The van der Waals surface area contributed by atoms with Crippen molar-refractivity contribution in [2.75, 3.05) is 12.4 Å². The minimum absolute atomic E-state index is 0.00880. The van der Waals surface area contributed by atoms with Gasteiger partial charge in [-0.05, 0) is 56.0 Å². The molecule has 3 aromatic rings. The van der Waals surface area contributed by atoms with E-state index in [4.69, 9.17) is 21.1 Å². The van der Waals surface area contributed by atoms with E-state index in [9.17, 15) is 14.9 Å². The molecule has 0 bridgehead atoms. The molecule has 32 heavy (non-hydrogen) atoms. The molecule has 1 fully saturated rings. The highest BCUT2D eigenvalue weighted by Crippen LogP contribution is 2.38. The smallest absolute Gasteiger partial charge is 0.313 e. The average Bonchev–Trinajstić information content (AvgIpc) is 3.53. The molecule has 1 amide bonds. The number of amides is 1. The van der Waals surface area contributed by atoms with Gasteiger partial charge in [0, 0.05) is 28.8 Å². The minimum atomic E-state index is -0.581. The first-order valence-corrected chi connectivity index (χ1v) is 10.4. The Kier molecular flexibility index (Phi) is 6.00. The Labute approximate surface area is 189 Å². The Balaban J connectivity index is 1.56. The van der Waals surface area contributed by atoms with E-state index < -0.39 is 4.92 Å². The lowest BCUT2D eigenvalue weighted by Gasteiger charge is -2.13. The molecule has 1 aliphatic rings. The fraction of sp³-hybridized carbons (Fsp3) is 0.273. The summed E-state index contributed by atoms with van der Waals surface area (Å²) in [5.74, 6) is 1.44. The van der Waals surface area contributed by atoms with Crippen LogP contribution in [-0.2, 0) is 6.54 Å². The maximum atomic E-state index is 12.9. The fourth-order valence-electron chi connectivity index (χ4n) is 3.24. The van der Waals surface area contributed by atoms with Gasteiger partial charge in [-0.25, -0.2) is 4.68 Å². The predicted octanol–water partition coefficient (Wildman–Crippen LogP) is 5.22. The van der Waals surface area contributed by atoms with Crippen LogP contribution in [0, 0.1) is 23.0 Å². The molecule has 1 heterocycles. The number of carbonyl (C=O) groups excluding carboxylic acids is 1. The maximum Gasteiger partial charge on any atom is 0.313 e. The highest BCUT2D eigenvalue weighted by atomic mass is 35.5. The van der Waals surface area contributed by atoms with Gasteiger partial charge < -0.3 is 14.8 Å². The number of nitrogens with one attached hydrogen (secondary N) is 1. The number of halogens is 1. The van der Waals surface area contributed by atoms with Crippen LogP contribution in [0.15, 0.2) is 42.6 Å². The molecule has 0 aliphatic heterocycles. The van der Waals surface area contributed by atoms with Gasteiger partial charge in [0.25, 0.3) is 5.91 Å². The highest BCUT2D eigenvalue weighted by molar-refractivity contribution is 6.30. The second-order valence-electron chi connectivity index (χ2n) is 7.59. The van der Waals surface area contributed by atoms with Crippen molar-refractivity contribution in [1.29, 1.82) is 0 Å². The van der Waals surface area contributed by atoms with Gasteiger partial charge >= 0.3 is 5.69 Å². The number of nitro benzene ring substituents is 1. The van der Waals surface area contributed by atoms with E-state index in [1.54, 1.807) is 12.3 Å². The normalized spacial score (nSPS) is 13.0. The molecule has 166 valence electrons. The van der Waals surface area contributed by atoms with E-state index in [0.717, 1.165) is 12.1 Å². The van der Waals surface area contributed by atoms with Crippen molar-refractivity contribution in [1.82, 2.24) is 9.78 Å². The Bertz CT molecular complexity index is 1190. The molecule has 9 nitrogen and oxygen atoms in total. The molecule has 1 aliphatic carbocycles. The summed E-state index contributed by atoms with van der Waals surface area (Å²) < 4.78 is 12.9. The molecular weight excluding hydrogens is 436 g/mol. The van der Waals surface area contributed by atoms with Gasteiger partial charge in [0.15, 0.2) is 11.5 Å². The number of carbonyl (C=O) groups is 1. The summed E-state index contributed by atoms with van der Waals surface area (Å²) in [6.45, 7) is 2.67. The van der Waals surface area contributed by atoms with Crippen molar-refractivity contribution in [2.24, 2.45) is 5.92 Å². The van der Waals surface area contributed by atoms with Gasteiger partial charge in [0.1, 0.15) is 5.82 Å². The SMILES string of the molecule is COc1cc(C(=O)Nc2c(C)cnn2CC2CC2)ccc1Oc1ccc(Cl)cc1[N+](=O)[O-]. The van der Waals surface area contributed by atoms with Gasteiger partial charge in [0.2, 0.25) is 5.75 Å². The zero-order chi connectivity index (χ0) is 22.8. The Hall–Kier alpha value is -3.59. The van der Waals surface area contributed by atoms with Crippen LogP contribution >= 0.6 is 11.6 Å². The number of nitrogens with zero attached hydrogens (tertiary/aromatic N) is 3. The van der Waals surface area contributed by atoms with Gasteiger partial charge in [-0.1, -0.05) is 11.6 Å². The summed E-state index contributed by atoms with van der Waals surface area (Å²) in [5, 5.41) is 18.8. The standard InChI is InChI=1S/C22H21ClN4O5/c1-13-11-24-26(12-14-3-4-14)21(13)25-22(28)15-5-7-19(20(9-15)31-2)32-18-8-6-16(23)10-17(18)27(29)30/h5-11,14H,3-4,12H2,1-2H3,(H,25,28). The summed E-state index contributed by atoms with van der Waals surface area (Å²) >= 11 is 5.85. The number of anilines is 1. The zero-order valence-corrected chi connectivity index (χ0v) is 18.3. The molecule has 0 saturated heterocycles. The van der Waals surface area contributed by atoms with Crippen LogP contribution in [0.2, 0.25) is 5.02 Å². The van der Waals surface area contributed by atoms with Gasteiger partial charge in [0.05, 0.1) is 18.2 Å². The first-order valence-electron chi connectivity index (χ1n) is 9.99. The topological polar surface area (TPSA) is 109 Å². The van der Waals surface area contributed by atoms with Gasteiger partial charge in [-0.3, -0.25) is 14.9 Å². The molecule has 0 radical (unpaired) electrons. The van der Waals surface area contributed by atoms with Crippen LogP contribution in [0.25, 0.3) is 0 Å². The van der Waals surface area contributed by atoms with Crippen LogP contribution in [0.4, 0.5) is 11.5 Å². The summed E-state index contributed by atoms with van der Waals surface area (Å²) in [7, 11) is 1.43. The summed E-state index contributed by atoms with van der Waals surface area (Å²) in [4.78, 5) is 23.6. The summed E-state index contributed by atoms with van der Waals surface area (Å²) in [6.07, 6.45) is 4.09. The van der Waals surface area contributed by atoms with E-state index in [1.165, 1.54) is 50.3 Å². The molecule has 0 atom stereocenters. The van der Waals surface area contributed by atoms with Crippen molar-refractivity contribution in [2.45, 2.75) is 26.3 Å². The zero-order valence-electron chi connectivity index (χ0n) is 17.5. The van der Waals surface area contributed by atoms with E-state index >= 15 is 0 Å². The lowest BCUT2D eigenvalue weighted by molar-refractivity contribution is -0.385. The van der Waals surface area contributed by atoms with Crippen LogP contribution in [-0.4, -0.2) is 27.7 Å². The number of aromatic nitrogens is 2. The molecule has 10 heteroatoms. The van der Waals surface area contributed by atoms with Gasteiger partial charge in [-0.15, -0.1) is 0 Å². The number of ether oxygens (including phenoxy) is 2. The third-order valence-corrected chi connectivity index (χ3v) is 5.38. The molecule has 1 N–H and O–H groups in total. The molecule has 1 aromatic heterocycles. The average molecular weight is 457 g/mol. The van der Waals surface area contributed by atoms with E-state index in [0.29, 0.717) is 17.3 Å². The Morgan fingerprint density at radius 2 is 2.00 bits per heavy atom. The molecule has 0 spiro atoms. The third kappa shape index (κ3) is 4.67. The summed E-state index contributed by atoms with van der Waals surface area (Å²) in [6, 6.07) is 8.71. The number of nitro groups is 1. The second-order valence-corrected chi connectivity index (χ2v) is 8.03. The largest absolute Gasteiger partial charge is 0.493 e. The van der Waals surface area contributed by atoms with Crippen LogP contribution < -0.4 is 14.8 Å². The number of hydrogen-bond acceptors (Lipinski definition) is 6. The van der Waals surface area contributed by atoms with Crippen molar-refractivity contribution in [3.63, 3.8) is 0 Å². The molecule has 4 rings (SSSR count). The van der Waals surface area contributed by atoms with E-state index in [2.05, 4.69) is 10.4 Å². The molecule has 1 saturated carbocycles. The highest BCUT2D eigenvalue weighted by Gasteiger charge is 2.24. The lowest BCUT2D eigenvalue weighted by Crippen LogP contribution is -2.17. The quantitative estimate of drug-likeness (QED) is 0.368. The molecule has 2 aromatic carbocycles. The lowest BCUT2D eigenvalue weighted by atomic mass is 10.2. The number of benzene rings is 2. The monoisotopic (exact) mass is 456 g/mol. The second kappa shape index (κ2) is 8.88. The van der Waals surface area contributed by atoms with Crippen LogP contribution in [0.3, 0.4) is 0 Å². The number of rotatable bonds is 8. The van der Waals surface area contributed by atoms with Crippen LogP contribution in [0.1, 0.15) is 28.8 Å². The number of methoxy groups -OCH3 is 1. The van der Waals surface area contributed by atoms with Crippen molar-refractivity contribution >= 4 is 29.0 Å². The van der Waals surface area contributed by atoms with E-state index in [1.807, 2.05) is 11.6 Å². The molecule has 0 unspecified atom stereocenters. The summed E-state index contributed by atoms with van der Waals surface area (Å²) in [5.41, 5.74) is 0.945. The van der Waals surface area contributed by atoms with Gasteiger partial charge in [-0.2, -0.15) is 5.10 Å². The van der Waals surface area contributed by atoms with Crippen molar-refractivity contribution < 1.29 is 19.2 Å². The van der Waals surface area contributed by atoms with E-state index in [-0.39, 0.29) is 33.9 Å². The Morgan fingerprint density at radius 3 is 2.69 bits per heavy atom. The minimum Gasteiger partial charge on any atom is -0.493 e. The number of hydrogen-bond donors (Lipinski definition) is 1. The molecular formula is C22H21ClN4O5. The first kappa shape index (κ1) is 21.6. The maximum absolute atomic E-state index is 12.9. The van der Waals surface area contributed by atoms with Crippen LogP contribution in [0.5, 0.6) is 17.2 Å². The predicted molar refractivity (Wildman–Crippen MR) is 119 cm³/mol. The third-order valence-electron chi connectivity index (χ3n) is 5.15. The first-order chi connectivity index (χ1) is 15.4.